The topological polar surface area (TPSA) is 75.3 Å². The minimum absolute atomic E-state index is 0. The molecule has 104 valence electrons. The molecule has 4 nitrogen and oxygen atoms in total. The standard InChI is InChI=1S/C12H26N2O2.ClH/c1-5-10(6-2)11(15)7-14-12(16)8(3)9(4)13;/h8-11,15H,5-7,13H2,1-4H3,(H,14,16);1H. The van der Waals surface area contributed by atoms with Crippen molar-refractivity contribution in [1.82, 2.24) is 5.32 Å². The first-order valence-electron chi connectivity index (χ1n) is 6.15. The van der Waals surface area contributed by atoms with Crippen molar-refractivity contribution in [3.05, 3.63) is 0 Å². The first kappa shape index (κ1) is 19.0. The molecule has 1 amide bonds. The molecule has 4 N–H and O–H groups in total. The van der Waals surface area contributed by atoms with E-state index in [-0.39, 0.29) is 36.2 Å². The number of halogens is 1. The smallest absolute Gasteiger partial charge is 0.224 e. The number of nitrogens with two attached hydrogens (primary N) is 1. The van der Waals surface area contributed by atoms with Gasteiger partial charge in [-0.05, 0) is 12.8 Å². The third-order valence-electron chi connectivity index (χ3n) is 3.28. The van der Waals surface area contributed by atoms with Gasteiger partial charge in [0.05, 0.1) is 6.10 Å². The lowest BCUT2D eigenvalue weighted by Crippen LogP contribution is -2.42. The first-order valence-corrected chi connectivity index (χ1v) is 6.15. The molecule has 5 heteroatoms. The van der Waals surface area contributed by atoms with Gasteiger partial charge in [0, 0.05) is 18.5 Å². The molecule has 0 aromatic carbocycles. The second-order valence-electron chi connectivity index (χ2n) is 4.54. The van der Waals surface area contributed by atoms with Crippen LogP contribution in [-0.2, 0) is 4.79 Å². The van der Waals surface area contributed by atoms with Crippen LogP contribution in [0, 0.1) is 11.8 Å². The quantitative estimate of drug-likeness (QED) is 0.650. The molecule has 0 spiro atoms. The predicted octanol–water partition coefficient (Wildman–Crippen LogP) is 1.30. The van der Waals surface area contributed by atoms with Gasteiger partial charge in [-0.2, -0.15) is 0 Å². The zero-order chi connectivity index (χ0) is 12.7. The summed E-state index contributed by atoms with van der Waals surface area (Å²) < 4.78 is 0. The molecule has 0 aliphatic carbocycles. The molecule has 0 bridgehead atoms. The zero-order valence-electron chi connectivity index (χ0n) is 11.3. The Hall–Kier alpha value is -0.320. The second kappa shape index (κ2) is 9.68. The predicted molar refractivity (Wildman–Crippen MR) is 73.1 cm³/mol. The van der Waals surface area contributed by atoms with Gasteiger partial charge in [-0.25, -0.2) is 0 Å². The van der Waals surface area contributed by atoms with Crippen molar-refractivity contribution in [1.29, 1.82) is 0 Å². The van der Waals surface area contributed by atoms with E-state index in [2.05, 4.69) is 5.32 Å². The van der Waals surface area contributed by atoms with E-state index in [9.17, 15) is 9.90 Å². The molecule has 0 radical (unpaired) electrons. The summed E-state index contributed by atoms with van der Waals surface area (Å²) in [6.07, 6.45) is 1.39. The summed E-state index contributed by atoms with van der Waals surface area (Å²) >= 11 is 0. The van der Waals surface area contributed by atoms with Crippen molar-refractivity contribution >= 4 is 18.3 Å². The van der Waals surface area contributed by atoms with Crippen LogP contribution in [-0.4, -0.2) is 29.7 Å². The van der Waals surface area contributed by atoms with Gasteiger partial charge in [-0.1, -0.05) is 33.6 Å². The molecule has 17 heavy (non-hydrogen) atoms. The third kappa shape index (κ3) is 6.86. The van der Waals surface area contributed by atoms with Crippen LogP contribution in [0.4, 0.5) is 0 Å². The fourth-order valence-corrected chi connectivity index (χ4v) is 1.60. The van der Waals surface area contributed by atoms with Crippen LogP contribution in [0.1, 0.15) is 40.5 Å². The average molecular weight is 267 g/mol. The highest BCUT2D eigenvalue weighted by molar-refractivity contribution is 5.85. The summed E-state index contributed by atoms with van der Waals surface area (Å²) in [7, 11) is 0. The van der Waals surface area contributed by atoms with E-state index in [1.165, 1.54) is 0 Å². The number of amides is 1. The van der Waals surface area contributed by atoms with E-state index in [0.717, 1.165) is 12.8 Å². The van der Waals surface area contributed by atoms with Gasteiger partial charge < -0.3 is 16.2 Å². The Balaban J connectivity index is 0. The number of hydrogen-bond donors (Lipinski definition) is 3. The Kier molecular flexibility index (Phi) is 10.8. The van der Waals surface area contributed by atoms with Crippen molar-refractivity contribution in [2.24, 2.45) is 17.6 Å². The summed E-state index contributed by atoms with van der Waals surface area (Å²) in [4.78, 5) is 11.6. The Bertz CT molecular complexity index is 209. The molecule has 0 aliphatic rings. The van der Waals surface area contributed by atoms with Crippen LogP contribution >= 0.6 is 12.4 Å². The van der Waals surface area contributed by atoms with Crippen LogP contribution in [0.15, 0.2) is 0 Å². The van der Waals surface area contributed by atoms with E-state index >= 15 is 0 Å². The fourth-order valence-electron chi connectivity index (χ4n) is 1.60. The van der Waals surface area contributed by atoms with Gasteiger partial charge in [0.1, 0.15) is 0 Å². The van der Waals surface area contributed by atoms with Gasteiger partial charge in [-0.3, -0.25) is 4.79 Å². The summed E-state index contributed by atoms with van der Waals surface area (Å²) in [6.45, 7) is 8.01. The van der Waals surface area contributed by atoms with E-state index in [0.29, 0.717) is 6.54 Å². The first-order chi connectivity index (χ1) is 7.43. The molecule has 0 fully saturated rings. The Morgan fingerprint density at radius 2 is 1.76 bits per heavy atom. The number of hydrogen-bond acceptors (Lipinski definition) is 3. The molecule has 0 heterocycles. The van der Waals surface area contributed by atoms with Crippen LogP contribution in [0.25, 0.3) is 0 Å². The van der Waals surface area contributed by atoms with Gasteiger partial charge in [0.2, 0.25) is 5.91 Å². The van der Waals surface area contributed by atoms with E-state index in [1.807, 2.05) is 20.8 Å². The third-order valence-corrected chi connectivity index (χ3v) is 3.28. The Morgan fingerprint density at radius 3 is 2.12 bits per heavy atom. The number of nitrogens with one attached hydrogen (secondary N) is 1. The van der Waals surface area contributed by atoms with Crippen LogP contribution in [0.2, 0.25) is 0 Å². The van der Waals surface area contributed by atoms with Crippen LogP contribution in [0.3, 0.4) is 0 Å². The van der Waals surface area contributed by atoms with E-state index in [1.54, 1.807) is 6.92 Å². The molecule has 0 aliphatic heterocycles. The lowest BCUT2D eigenvalue weighted by molar-refractivity contribution is -0.125. The average Bonchev–Trinajstić information content (AvgIpc) is 2.26. The number of aliphatic hydroxyl groups is 1. The van der Waals surface area contributed by atoms with Crippen LogP contribution in [0.5, 0.6) is 0 Å². The highest BCUT2D eigenvalue weighted by Crippen LogP contribution is 2.12. The number of carbonyl (C=O) groups is 1. The number of carbonyl (C=O) groups excluding carboxylic acids is 1. The molecule has 3 unspecified atom stereocenters. The SMILES string of the molecule is CCC(CC)C(O)CNC(=O)C(C)C(C)N.Cl. The minimum atomic E-state index is -0.459. The summed E-state index contributed by atoms with van der Waals surface area (Å²) in [5.41, 5.74) is 5.63. The number of rotatable bonds is 7. The largest absolute Gasteiger partial charge is 0.391 e. The molecule has 0 saturated carbocycles. The zero-order valence-corrected chi connectivity index (χ0v) is 12.1. The Labute approximate surface area is 111 Å². The minimum Gasteiger partial charge on any atom is -0.391 e. The van der Waals surface area contributed by atoms with Crippen molar-refractivity contribution in [2.45, 2.75) is 52.7 Å². The molecule has 0 aromatic heterocycles. The molecule has 3 atom stereocenters. The highest BCUT2D eigenvalue weighted by Gasteiger charge is 2.20. The van der Waals surface area contributed by atoms with Gasteiger partial charge in [-0.15, -0.1) is 12.4 Å². The van der Waals surface area contributed by atoms with Crippen LogP contribution < -0.4 is 11.1 Å². The van der Waals surface area contributed by atoms with Gasteiger partial charge in [0.25, 0.3) is 0 Å². The fraction of sp³-hybridized carbons (Fsp3) is 0.917. The molecule has 0 rings (SSSR count). The maximum atomic E-state index is 11.6. The molecule has 0 saturated heterocycles. The lowest BCUT2D eigenvalue weighted by atomic mass is 9.96. The van der Waals surface area contributed by atoms with Crippen molar-refractivity contribution in [3.63, 3.8) is 0 Å². The summed E-state index contributed by atoms with van der Waals surface area (Å²) in [5, 5.41) is 12.6. The maximum Gasteiger partial charge on any atom is 0.224 e. The van der Waals surface area contributed by atoms with E-state index in [4.69, 9.17) is 5.73 Å². The lowest BCUT2D eigenvalue weighted by Gasteiger charge is -2.22. The van der Waals surface area contributed by atoms with Gasteiger partial charge in [0.15, 0.2) is 0 Å². The van der Waals surface area contributed by atoms with Gasteiger partial charge >= 0.3 is 0 Å². The Morgan fingerprint density at radius 1 is 1.29 bits per heavy atom. The molecular formula is C12H27ClN2O2. The number of aliphatic hydroxyl groups excluding tert-OH is 1. The summed E-state index contributed by atoms with van der Waals surface area (Å²) in [5.74, 6) is -0.0418. The highest BCUT2D eigenvalue weighted by atomic mass is 35.5. The van der Waals surface area contributed by atoms with E-state index < -0.39 is 6.10 Å². The monoisotopic (exact) mass is 266 g/mol. The van der Waals surface area contributed by atoms with Crippen molar-refractivity contribution in [3.8, 4) is 0 Å². The maximum absolute atomic E-state index is 11.6. The summed E-state index contributed by atoms with van der Waals surface area (Å²) in [6, 6.07) is -0.162. The molecular weight excluding hydrogens is 240 g/mol. The van der Waals surface area contributed by atoms with Crippen molar-refractivity contribution < 1.29 is 9.90 Å². The van der Waals surface area contributed by atoms with Crippen molar-refractivity contribution in [2.75, 3.05) is 6.54 Å². The molecule has 0 aromatic rings. The second-order valence-corrected chi connectivity index (χ2v) is 4.54. The normalized spacial score (nSPS) is 15.9.